The number of carbonyl (C=O) groups excluding carboxylic acids is 3. The van der Waals surface area contributed by atoms with Crippen LogP contribution in [0.1, 0.15) is 40.0 Å². The molecule has 0 fully saturated rings. The third-order valence-electron chi connectivity index (χ3n) is 4.25. The number of aliphatic carboxylic acids is 1. The molecule has 2 amide bonds. The van der Waals surface area contributed by atoms with E-state index in [1.807, 2.05) is 0 Å². The fraction of sp³-hybridized carbons (Fsp3) is 0.750. The predicted molar refractivity (Wildman–Crippen MR) is 116 cm³/mol. The van der Waals surface area contributed by atoms with Crippen LogP contribution < -0.4 is 11.1 Å². The van der Waals surface area contributed by atoms with Crippen molar-refractivity contribution in [3.63, 3.8) is 0 Å². The van der Waals surface area contributed by atoms with Crippen LogP contribution in [0.2, 0.25) is 0 Å². The van der Waals surface area contributed by atoms with E-state index in [4.69, 9.17) is 22.5 Å². The molecular weight excluding hydrogens is 410 g/mol. The zero-order valence-electron chi connectivity index (χ0n) is 18.5. The van der Waals surface area contributed by atoms with Gasteiger partial charge in [0.25, 0.3) is 0 Å². The lowest BCUT2D eigenvalue weighted by molar-refractivity contribution is -0.147. The number of thioether (sulfide) groups is 1. The molecule has 9 nitrogen and oxygen atoms in total. The summed E-state index contributed by atoms with van der Waals surface area (Å²) in [6.45, 7) is 11.4. The molecular formula is C20H35N3O6S. The predicted octanol–water partition coefficient (Wildman–Crippen LogP) is 0.791. The summed E-state index contributed by atoms with van der Waals surface area (Å²) in [5.74, 6) is -3.75. The summed E-state index contributed by atoms with van der Waals surface area (Å²) in [5.41, 5.74) is 5.40. The van der Waals surface area contributed by atoms with Crippen LogP contribution in [0.5, 0.6) is 0 Å². The van der Waals surface area contributed by atoms with Crippen molar-refractivity contribution in [2.24, 2.45) is 17.6 Å². The van der Waals surface area contributed by atoms with Gasteiger partial charge in [-0.2, -0.15) is 0 Å². The first-order valence-electron chi connectivity index (χ1n) is 9.84. The molecule has 30 heavy (non-hydrogen) atoms. The van der Waals surface area contributed by atoms with Gasteiger partial charge in [-0.15, -0.1) is 11.8 Å². The Hall–Kier alpha value is -1.81. The first-order valence-corrected chi connectivity index (χ1v) is 10.8. The number of hydrogen-bond acceptors (Lipinski definition) is 7. The summed E-state index contributed by atoms with van der Waals surface area (Å²) < 4.78 is 3.99. The lowest BCUT2D eigenvalue weighted by Gasteiger charge is -2.32. The van der Waals surface area contributed by atoms with Crippen molar-refractivity contribution in [2.75, 3.05) is 33.0 Å². The van der Waals surface area contributed by atoms with E-state index in [1.54, 1.807) is 34.9 Å². The van der Waals surface area contributed by atoms with Gasteiger partial charge in [0.05, 0.1) is 6.42 Å². The van der Waals surface area contributed by atoms with Crippen molar-refractivity contribution in [2.45, 2.75) is 50.8 Å². The Balaban J connectivity index is 5.61. The number of carboxylic acid groups (broad SMARTS) is 1. The van der Waals surface area contributed by atoms with E-state index in [1.165, 1.54) is 4.90 Å². The van der Waals surface area contributed by atoms with Crippen LogP contribution in [0, 0.1) is 18.8 Å². The Labute approximate surface area is 183 Å². The van der Waals surface area contributed by atoms with E-state index >= 15 is 0 Å². The molecule has 2 radical (unpaired) electrons. The zero-order chi connectivity index (χ0) is 23.5. The zero-order valence-corrected chi connectivity index (χ0v) is 19.3. The second-order valence-electron chi connectivity index (χ2n) is 7.79. The van der Waals surface area contributed by atoms with Crippen LogP contribution >= 0.6 is 11.8 Å². The second-order valence-corrected chi connectivity index (χ2v) is 9.38. The Morgan fingerprint density at radius 2 is 1.87 bits per heavy atom. The summed E-state index contributed by atoms with van der Waals surface area (Å²) in [5, 5.41) is 11.6. The van der Waals surface area contributed by atoms with E-state index < -0.39 is 28.5 Å². The summed E-state index contributed by atoms with van der Waals surface area (Å²) in [6.07, 6.45) is -0.0673. The molecule has 172 valence electrons. The van der Waals surface area contributed by atoms with E-state index in [0.29, 0.717) is 0 Å². The van der Waals surface area contributed by atoms with Gasteiger partial charge in [0.15, 0.2) is 0 Å². The van der Waals surface area contributed by atoms with Gasteiger partial charge in [-0.1, -0.05) is 0 Å². The van der Waals surface area contributed by atoms with Crippen molar-refractivity contribution < 1.29 is 29.0 Å². The van der Waals surface area contributed by atoms with Crippen molar-refractivity contribution in [3.8, 4) is 0 Å². The van der Waals surface area contributed by atoms with E-state index in [2.05, 4.69) is 5.32 Å². The van der Waals surface area contributed by atoms with Crippen molar-refractivity contribution in [1.82, 2.24) is 10.2 Å². The third kappa shape index (κ3) is 10.3. The fourth-order valence-electron chi connectivity index (χ4n) is 2.78. The number of nitrogens with two attached hydrogens (primary N) is 1. The highest BCUT2D eigenvalue weighted by Crippen LogP contribution is 2.36. The molecule has 0 aromatic carbocycles. The first kappa shape index (κ1) is 28.2. The Morgan fingerprint density at radius 3 is 2.33 bits per heavy atom. The van der Waals surface area contributed by atoms with Crippen LogP contribution in [0.4, 0.5) is 0 Å². The minimum absolute atomic E-state index is 0.0104. The molecule has 0 aliphatic carbocycles. The highest BCUT2D eigenvalue weighted by atomic mass is 32.2. The highest BCUT2D eigenvalue weighted by Gasteiger charge is 2.41. The molecule has 10 heteroatoms. The minimum Gasteiger partial charge on any atom is -0.481 e. The Bertz CT molecular complexity index is 599. The highest BCUT2D eigenvalue weighted by molar-refractivity contribution is 8.01. The third-order valence-corrected chi connectivity index (χ3v) is 5.63. The SMILES string of the molecule is [CH]C(CC(CC(C)(SCCC(=O)O)C(=O)OCCN)C(=O)N(C)C)C(=O)NC(C)C. The molecule has 0 aromatic heterocycles. The molecule has 0 rings (SSSR count). The van der Waals surface area contributed by atoms with Crippen LogP contribution in [-0.2, 0) is 23.9 Å². The van der Waals surface area contributed by atoms with Gasteiger partial charge in [0.2, 0.25) is 11.8 Å². The molecule has 3 atom stereocenters. The largest absolute Gasteiger partial charge is 0.481 e. The topological polar surface area (TPSA) is 139 Å². The van der Waals surface area contributed by atoms with Crippen molar-refractivity contribution >= 4 is 35.5 Å². The maximum atomic E-state index is 12.8. The van der Waals surface area contributed by atoms with Crippen LogP contribution in [0.25, 0.3) is 0 Å². The quantitative estimate of drug-likeness (QED) is 0.334. The molecule has 0 saturated carbocycles. The van der Waals surface area contributed by atoms with Crippen molar-refractivity contribution in [3.05, 3.63) is 6.92 Å². The number of carbonyl (C=O) groups is 4. The first-order chi connectivity index (χ1) is 13.8. The number of nitrogens with one attached hydrogen (secondary N) is 1. The molecule has 0 aromatic rings. The number of hydrogen-bond donors (Lipinski definition) is 3. The molecule has 3 unspecified atom stereocenters. The Kier molecular flexibility index (Phi) is 12.7. The van der Waals surface area contributed by atoms with Crippen LogP contribution in [0.15, 0.2) is 0 Å². The molecule has 0 spiro atoms. The molecule has 0 saturated heterocycles. The number of rotatable bonds is 14. The molecule has 0 heterocycles. The average Bonchev–Trinajstić information content (AvgIpc) is 2.63. The summed E-state index contributed by atoms with van der Waals surface area (Å²) in [6, 6.07) is -0.102. The van der Waals surface area contributed by atoms with Gasteiger partial charge in [-0.3, -0.25) is 19.2 Å². The monoisotopic (exact) mass is 445 g/mol. The number of amides is 2. The normalized spacial score (nSPS) is 15.1. The summed E-state index contributed by atoms with van der Waals surface area (Å²) >= 11 is 1.11. The lowest BCUT2D eigenvalue weighted by atomic mass is 9.86. The maximum absolute atomic E-state index is 12.8. The number of ether oxygens (including phenoxy) is 1. The van der Waals surface area contributed by atoms with Gasteiger partial charge in [0, 0.05) is 44.3 Å². The van der Waals surface area contributed by atoms with Gasteiger partial charge < -0.3 is 25.8 Å². The van der Waals surface area contributed by atoms with Crippen molar-refractivity contribution in [1.29, 1.82) is 0 Å². The van der Waals surface area contributed by atoms with Gasteiger partial charge in [0.1, 0.15) is 11.4 Å². The maximum Gasteiger partial charge on any atom is 0.321 e. The molecule has 0 aliphatic rings. The van der Waals surface area contributed by atoms with Gasteiger partial charge in [-0.05, 0) is 40.5 Å². The molecule has 0 aliphatic heterocycles. The lowest BCUT2D eigenvalue weighted by Crippen LogP contribution is -2.43. The van der Waals surface area contributed by atoms with Crippen LogP contribution in [0.3, 0.4) is 0 Å². The number of carboxylic acids is 1. The number of esters is 1. The minimum atomic E-state index is -1.20. The summed E-state index contributed by atoms with van der Waals surface area (Å²) in [7, 11) is 3.16. The van der Waals surface area contributed by atoms with E-state index in [0.717, 1.165) is 11.8 Å². The van der Waals surface area contributed by atoms with Crippen LogP contribution in [-0.4, -0.2) is 77.5 Å². The average molecular weight is 446 g/mol. The molecule has 0 bridgehead atoms. The molecule has 4 N–H and O–H groups in total. The fourth-order valence-corrected chi connectivity index (χ4v) is 4.00. The van der Waals surface area contributed by atoms with Gasteiger partial charge >= 0.3 is 11.9 Å². The summed E-state index contributed by atoms with van der Waals surface area (Å²) in [4.78, 5) is 50.0. The van der Waals surface area contributed by atoms with Gasteiger partial charge in [-0.25, -0.2) is 0 Å². The number of nitrogens with zero attached hydrogens (tertiary/aromatic N) is 1. The van der Waals surface area contributed by atoms with E-state index in [9.17, 15) is 19.2 Å². The Morgan fingerprint density at radius 1 is 1.27 bits per heavy atom. The van der Waals surface area contributed by atoms with E-state index in [-0.39, 0.29) is 56.0 Å². The standard InChI is InChI=1S/C20H35N3O6S/c1-13(2)22-17(26)14(3)11-15(18(27)23(5)6)12-20(4,19(28)29-9-8-21)30-10-7-16(24)25/h3,13-15H,7-12,21H2,1-2,4-6H3,(H,22,26)(H,24,25). The smallest absolute Gasteiger partial charge is 0.321 e. The second kappa shape index (κ2) is 13.5.